The van der Waals surface area contributed by atoms with Gasteiger partial charge >= 0.3 is 0 Å². The molecule has 1 amide bonds. The summed E-state index contributed by atoms with van der Waals surface area (Å²) < 4.78 is 36.4. The topological polar surface area (TPSA) is 93.4 Å². The summed E-state index contributed by atoms with van der Waals surface area (Å²) >= 11 is 3.04. The summed E-state index contributed by atoms with van der Waals surface area (Å²) in [7, 11) is -3.82. The first-order chi connectivity index (χ1) is 8.29. The third-order valence-electron chi connectivity index (χ3n) is 2.60. The summed E-state index contributed by atoms with van der Waals surface area (Å²) in [6.07, 6.45) is 1.08. The molecule has 0 aliphatic carbocycles. The Morgan fingerprint density at radius 1 is 1.56 bits per heavy atom. The second kappa shape index (κ2) is 4.56. The predicted octanol–water partition coefficient (Wildman–Crippen LogP) is 0.377. The van der Waals surface area contributed by atoms with Gasteiger partial charge in [0.2, 0.25) is 15.9 Å². The van der Waals surface area contributed by atoms with Gasteiger partial charge in [-0.25, -0.2) is 22.9 Å². The number of anilines is 1. The average Bonchev–Trinajstić information content (AvgIpc) is 2.60. The number of nitrogens with two attached hydrogens (primary N) is 1. The van der Waals surface area contributed by atoms with Crippen molar-refractivity contribution in [3.63, 3.8) is 0 Å². The lowest BCUT2D eigenvalue weighted by atomic mass is 10.4. The number of nitrogens with zero attached hydrogens (tertiary/aromatic N) is 2. The van der Waals surface area contributed by atoms with Gasteiger partial charge in [0.1, 0.15) is 5.25 Å². The number of hydrogen-bond donors (Lipinski definition) is 1. The third kappa shape index (κ3) is 2.52. The van der Waals surface area contributed by atoms with E-state index < -0.39 is 27.0 Å². The van der Waals surface area contributed by atoms with E-state index in [0.29, 0.717) is 4.47 Å². The minimum atomic E-state index is -3.82. The fourth-order valence-corrected chi connectivity index (χ4v) is 2.74. The molecule has 0 spiro atoms. The van der Waals surface area contributed by atoms with Crippen molar-refractivity contribution in [1.82, 2.24) is 4.98 Å². The van der Waals surface area contributed by atoms with Gasteiger partial charge in [0.15, 0.2) is 11.6 Å². The zero-order valence-corrected chi connectivity index (χ0v) is 11.4. The molecule has 18 heavy (non-hydrogen) atoms. The lowest BCUT2D eigenvalue weighted by Gasteiger charge is -2.15. The van der Waals surface area contributed by atoms with Crippen molar-refractivity contribution in [2.24, 2.45) is 5.14 Å². The fourth-order valence-electron chi connectivity index (χ4n) is 1.71. The van der Waals surface area contributed by atoms with E-state index in [1.165, 1.54) is 6.20 Å². The monoisotopic (exact) mass is 337 g/mol. The zero-order chi connectivity index (χ0) is 13.5. The second-order valence-corrected chi connectivity index (χ2v) is 6.64. The van der Waals surface area contributed by atoms with E-state index in [-0.39, 0.29) is 18.8 Å². The minimum absolute atomic E-state index is 0.177. The molecular formula is C9H9BrFN3O3S. The van der Waals surface area contributed by atoms with Crippen LogP contribution in [0.2, 0.25) is 0 Å². The molecule has 98 valence electrons. The van der Waals surface area contributed by atoms with E-state index in [9.17, 15) is 17.6 Å². The van der Waals surface area contributed by atoms with Gasteiger partial charge in [-0.2, -0.15) is 0 Å². The van der Waals surface area contributed by atoms with E-state index in [2.05, 4.69) is 20.9 Å². The molecule has 0 saturated carbocycles. The first-order valence-corrected chi connectivity index (χ1v) is 7.32. The molecule has 9 heteroatoms. The Morgan fingerprint density at radius 2 is 2.22 bits per heavy atom. The van der Waals surface area contributed by atoms with Crippen LogP contribution in [0.3, 0.4) is 0 Å². The van der Waals surface area contributed by atoms with Crippen LogP contribution in [-0.2, 0) is 14.8 Å². The lowest BCUT2D eigenvalue weighted by Crippen LogP contribution is -2.32. The molecular weight excluding hydrogens is 329 g/mol. The maximum absolute atomic E-state index is 13.6. The highest BCUT2D eigenvalue weighted by atomic mass is 79.9. The number of hydrogen-bond acceptors (Lipinski definition) is 4. The van der Waals surface area contributed by atoms with Gasteiger partial charge < -0.3 is 0 Å². The largest absolute Gasteiger partial charge is 0.293 e. The van der Waals surface area contributed by atoms with Gasteiger partial charge in [-0.05, 0) is 22.0 Å². The molecule has 1 aromatic rings. The fraction of sp³-hybridized carbons (Fsp3) is 0.333. The molecule has 1 aliphatic rings. The Morgan fingerprint density at radius 3 is 2.72 bits per heavy atom. The number of carbonyl (C=O) groups is 1. The highest BCUT2D eigenvalue weighted by Crippen LogP contribution is 2.26. The van der Waals surface area contributed by atoms with Gasteiger partial charge in [-0.1, -0.05) is 0 Å². The van der Waals surface area contributed by atoms with Crippen molar-refractivity contribution in [3.8, 4) is 0 Å². The molecule has 0 bridgehead atoms. The molecule has 1 unspecified atom stereocenters. The van der Waals surface area contributed by atoms with Crippen LogP contribution in [0, 0.1) is 5.82 Å². The number of pyridine rings is 1. The van der Waals surface area contributed by atoms with Crippen LogP contribution in [0.25, 0.3) is 0 Å². The Kier molecular flexibility index (Phi) is 3.39. The summed E-state index contributed by atoms with van der Waals surface area (Å²) in [5, 5.41) is 3.96. The minimum Gasteiger partial charge on any atom is -0.293 e. The molecule has 0 radical (unpaired) electrons. The van der Waals surface area contributed by atoms with E-state index in [1.807, 2.05) is 0 Å². The molecule has 1 saturated heterocycles. The normalized spacial score (nSPS) is 20.5. The summed E-state index contributed by atoms with van der Waals surface area (Å²) in [5.74, 6) is -1.40. The molecule has 2 heterocycles. The highest BCUT2D eigenvalue weighted by Gasteiger charge is 2.38. The van der Waals surface area contributed by atoms with Crippen LogP contribution in [-0.4, -0.2) is 31.1 Å². The molecule has 1 fully saturated rings. The predicted molar refractivity (Wildman–Crippen MR) is 65.8 cm³/mol. The standard InChI is InChI=1S/C9H9BrFN3O3S/c10-5-1-7(11)9(13-3-5)14-4-6(2-8(14)15)18(12,16)17/h1,3,6H,2,4H2,(H2,12,16,17). The van der Waals surface area contributed by atoms with E-state index in [4.69, 9.17) is 5.14 Å². The number of rotatable bonds is 2. The van der Waals surface area contributed by atoms with Crippen LogP contribution in [0.4, 0.5) is 10.2 Å². The Labute approximate surface area is 111 Å². The van der Waals surface area contributed by atoms with Gasteiger partial charge in [0.05, 0.1) is 0 Å². The van der Waals surface area contributed by atoms with E-state index in [0.717, 1.165) is 11.0 Å². The summed E-state index contributed by atoms with van der Waals surface area (Å²) in [5.41, 5.74) is 0. The summed E-state index contributed by atoms with van der Waals surface area (Å²) in [4.78, 5) is 16.4. The zero-order valence-electron chi connectivity index (χ0n) is 9.01. The molecule has 1 atom stereocenters. The average molecular weight is 338 g/mol. The number of primary sulfonamides is 1. The SMILES string of the molecule is NS(=O)(=O)C1CC(=O)N(c2ncc(Br)cc2F)C1. The van der Waals surface area contributed by atoms with Crippen molar-refractivity contribution in [2.45, 2.75) is 11.7 Å². The molecule has 1 aliphatic heterocycles. The second-order valence-electron chi connectivity index (χ2n) is 3.88. The third-order valence-corrected chi connectivity index (χ3v) is 4.28. The number of carbonyl (C=O) groups excluding carboxylic acids is 1. The quantitative estimate of drug-likeness (QED) is 0.843. The maximum Gasteiger partial charge on any atom is 0.229 e. The van der Waals surface area contributed by atoms with Gasteiger partial charge in [0.25, 0.3) is 0 Å². The summed E-state index contributed by atoms with van der Waals surface area (Å²) in [6.45, 7) is -0.177. The van der Waals surface area contributed by atoms with Gasteiger partial charge in [-0.15, -0.1) is 0 Å². The first-order valence-electron chi connectivity index (χ1n) is 4.92. The van der Waals surface area contributed by atoms with Gasteiger partial charge in [-0.3, -0.25) is 9.69 Å². The Bertz CT molecular complexity index is 607. The van der Waals surface area contributed by atoms with Crippen LogP contribution in [0.1, 0.15) is 6.42 Å². The number of aromatic nitrogens is 1. The summed E-state index contributed by atoms with van der Waals surface area (Å²) in [6, 6.07) is 1.15. The molecule has 6 nitrogen and oxygen atoms in total. The van der Waals surface area contributed by atoms with Crippen LogP contribution < -0.4 is 10.0 Å². The lowest BCUT2D eigenvalue weighted by molar-refractivity contribution is -0.117. The van der Waals surface area contributed by atoms with Crippen LogP contribution in [0.5, 0.6) is 0 Å². The number of amides is 1. The number of sulfonamides is 1. The van der Waals surface area contributed by atoms with Crippen molar-refractivity contribution in [3.05, 3.63) is 22.6 Å². The number of halogens is 2. The Hall–Kier alpha value is -1.06. The maximum atomic E-state index is 13.6. The van der Waals surface area contributed by atoms with E-state index in [1.54, 1.807) is 0 Å². The first kappa shape index (κ1) is 13.4. The molecule has 2 rings (SSSR count). The van der Waals surface area contributed by atoms with Crippen molar-refractivity contribution < 1.29 is 17.6 Å². The molecule has 0 aromatic carbocycles. The van der Waals surface area contributed by atoms with Crippen molar-refractivity contribution >= 4 is 37.7 Å². The smallest absolute Gasteiger partial charge is 0.229 e. The van der Waals surface area contributed by atoms with Crippen molar-refractivity contribution in [2.75, 3.05) is 11.4 Å². The van der Waals surface area contributed by atoms with E-state index >= 15 is 0 Å². The molecule has 1 aromatic heterocycles. The molecule has 2 N–H and O–H groups in total. The highest BCUT2D eigenvalue weighted by molar-refractivity contribution is 9.10. The van der Waals surface area contributed by atoms with Crippen LogP contribution >= 0.6 is 15.9 Å². The van der Waals surface area contributed by atoms with Gasteiger partial charge in [0, 0.05) is 23.6 Å². The Balaban J connectivity index is 2.33. The van der Waals surface area contributed by atoms with Crippen molar-refractivity contribution in [1.29, 1.82) is 0 Å². The van der Waals surface area contributed by atoms with Crippen LogP contribution in [0.15, 0.2) is 16.7 Å².